The molecule has 5 rings (SSSR count). The largest absolute Gasteiger partial charge is 0.493 e. The van der Waals surface area contributed by atoms with E-state index in [0.717, 1.165) is 124 Å². The highest BCUT2D eigenvalue weighted by Crippen LogP contribution is 2.31. The first kappa shape index (κ1) is 51.7. The second-order valence-electron chi connectivity index (χ2n) is 19.2. The van der Waals surface area contributed by atoms with E-state index in [1.165, 1.54) is 116 Å². The van der Waals surface area contributed by atoms with E-state index in [-0.39, 0.29) is 11.2 Å². The van der Waals surface area contributed by atoms with Crippen molar-refractivity contribution in [1.29, 1.82) is 0 Å². The van der Waals surface area contributed by atoms with Crippen molar-refractivity contribution in [2.75, 3.05) is 52.9 Å². The summed E-state index contributed by atoms with van der Waals surface area (Å²) in [5.41, 5.74) is 4.71. The monoisotopic (exact) mass is 887 g/mol. The number of epoxide rings is 2. The third kappa shape index (κ3) is 22.7. The summed E-state index contributed by atoms with van der Waals surface area (Å²) in [5.74, 6) is 3.61. The highest BCUT2D eigenvalue weighted by molar-refractivity contribution is 5.40. The maximum absolute atomic E-state index is 6.14. The Bertz CT molecular complexity index is 1540. The Hall–Kier alpha value is -3.30. The minimum absolute atomic E-state index is 0.123. The van der Waals surface area contributed by atoms with Gasteiger partial charge in [0.25, 0.3) is 0 Å². The molecule has 0 aromatic heterocycles. The van der Waals surface area contributed by atoms with Gasteiger partial charge in [0, 0.05) is 39.3 Å². The van der Waals surface area contributed by atoms with E-state index in [1.54, 1.807) is 0 Å². The van der Waals surface area contributed by atoms with Crippen molar-refractivity contribution in [3.63, 3.8) is 0 Å². The van der Waals surface area contributed by atoms with Gasteiger partial charge in [0.15, 0.2) is 0 Å². The molecule has 2 saturated heterocycles. The Balaban J connectivity index is 0.807. The first-order chi connectivity index (χ1) is 31.3. The molecular weight excluding hydrogens is 801 g/mol. The number of benzene rings is 3. The summed E-state index contributed by atoms with van der Waals surface area (Å²) >= 11 is 0. The maximum Gasteiger partial charge on any atom is 0.122 e. The molecule has 2 aliphatic rings. The van der Waals surface area contributed by atoms with Crippen LogP contribution in [0.4, 0.5) is 0 Å². The Kier molecular flexibility index (Phi) is 24.3. The van der Waals surface area contributed by atoms with Gasteiger partial charge in [0.2, 0.25) is 0 Å². The van der Waals surface area contributed by atoms with Crippen molar-refractivity contribution in [2.24, 2.45) is 0 Å². The predicted octanol–water partition coefficient (Wildman–Crippen LogP) is 14.4. The molecule has 2 fully saturated rings. The molecule has 3 aromatic carbocycles. The fraction of sp³-hybridized carbons (Fsp3) is 0.679. The van der Waals surface area contributed by atoms with Crippen molar-refractivity contribution < 1.29 is 37.9 Å². The molecule has 2 atom stereocenters. The molecule has 8 heteroatoms. The van der Waals surface area contributed by atoms with Crippen LogP contribution in [0.15, 0.2) is 60.7 Å². The van der Waals surface area contributed by atoms with Crippen LogP contribution in [-0.2, 0) is 32.2 Å². The quantitative estimate of drug-likeness (QED) is 0.0413. The molecule has 0 N–H and O–H groups in total. The minimum atomic E-state index is 0.123. The van der Waals surface area contributed by atoms with Crippen LogP contribution < -0.4 is 18.9 Å². The lowest BCUT2D eigenvalue weighted by atomic mass is 10.1. The Labute approximate surface area is 388 Å². The highest BCUT2D eigenvalue weighted by atomic mass is 16.6. The second-order valence-corrected chi connectivity index (χ2v) is 19.2. The zero-order chi connectivity index (χ0) is 45.0. The minimum Gasteiger partial charge on any atom is -0.493 e. The lowest BCUT2D eigenvalue weighted by molar-refractivity contribution is 0.110. The molecule has 0 aliphatic carbocycles. The Morgan fingerprint density at radius 1 is 0.391 bits per heavy atom. The standard InChI is InChI=1S/C56H86O8/c1-47-41-51(29-31-53(47)59-37-23-19-15-11-7-5-9-13-17-21-35-57-39-33-55(3)45-63-55)61-43-49-25-27-50(28-26-49)44-62-52-30-32-54(48(2)42-52)60-38-24-20-16-12-8-6-10-14-18-22-36-58-40-34-56(4)46-64-56/h25-32,41-42H,5-24,33-40,43-46H2,1-4H3. The third-order valence-electron chi connectivity index (χ3n) is 12.8. The summed E-state index contributed by atoms with van der Waals surface area (Å²) < 4.78 is 46.8. The van der Waals surface area contributed by atoms with E-state index in [9.17, 15) is 0 Å². The predicted molar refractivity (Wildman–Crippen MR) is 260 cm³/mol. The van der Waals surface area contributed by atoms with E-state index in [1.807, 2.05) is 24.3 Å². The van der Waals surface area contributed by atoms with Crippen LogP contribution in [-0.4, -0.2) is 64.1 Å². The fourth-order valence-corrected chi connectivity index (χ4v) is 7.93. The molecule has 2 unspecified atom stereocenters. The summed E-state index contributed by atoms with van der Waals surface area (Å²) in [7, 11) is 0. The molecule has 0 spiro atoms. The number of rotatable bonds is 40. The average Bonchev–Trinajstić information content (AvgIpc) is 4.23. The molecule has 64 heavy (non-hydrogen) atoms. The number of ether oxygens (including phenoxy) is 8. The van der Waals surface area contributed by atoms with E-state index in [4.69, 9.17) is 37.9 Å². The number of aryl methyl sites for hydroxylation is 2. The molecule has 0 bridgehead atoms. The van der Waals surface area contributed by atoms with Gasteiger partial charge in [-0.2, -0.15) is 0 Å². The molecule has 0 amide bonds. The fourth-order valence-electron chi connectivity index (χ4n) is 7.93. The van der Waals surface area contributed by atoms with E-state index in [2.05, 4.69) is 64.1 Å². The molecule has 2 aliphatic heterocycles. The lowest BCUT2D eigenvalue weighted by Gasteiger charge is -2.13. The first-order valence-corrected chi connectivity index (χ1v) is 25.5. The SMILES string of the molecule is Cc1cc(OCc2ccc(COc3ccc(OCCCCCCCCCCCCOCCC4(C)CO4)c(C)c3)cc2)ccc1OCCCCCCCCCCCCOCCC1(C)CO1. The molecule has 3 aromatic rings. The smallest absolute Gasteiger partial charge is 0.122 e. The maximum atomic E-state index is 6.14. The van der Waals surface area contributed by atoms with E-state index < -0.39 is 0 Å². The lowest BCUT2D eigenvalue weighted by Crippen LogP contribution is -2.09. The van der Waals surface area contributed by atoms with Gasteiger partial charge < -0.3 is 37.9 Å². The van der Waals surface area contributed by atoms with Gasteiger partial charge in [-0.3, -0.25) is 0 Å². The van der Waals surface area contributed by atoms with Gasteiger partial charge in [-0.15, -0.1) is 0 Å². The number of hydrogen-bond acceptors (Lipinski definition) is 8. The van der Waals surface area contributed by atoms with Crippen LogP contribution in [0.2, 0.25) is 0 Å². The van der Waals surface area contributed by atoms with Crippen molar-refractivity contribution in [2.45, 2.75) is 193 Å². The van der Waals surface area contributed by atoms with Gasteiger partial charge in [0.05, 0.1) is 37.6 Å². The first-order valence-electron chi connectivity index (χ1n) is 25.5. The van der Waals surface area contributed by atoms with Gasteiger partial charge in [-0.05, 0) is 112 Å². The summed E-state index contributed by atoms with van der Waals surface area (Å²) in [4.78, 5) is 0. The average molecular weight is 887 g/mol. The van der Waals surface area contributed by atoms with Crippen LogP contribution in [0, 0.1) is 13.8 Å². The van der Waals surface area contributed by atoms with Gasteiger partial charge >= 0.3 is 0 Å². The molecule has 0 radical (unpaired) electrons. The summed E-state index contributed by atoms with van der Waals surface area (Å²) in [6.07, 6.45) is 27.6. The van der Waals surface area contributed by atoms with E-state index >= 15 is 0 Å². The number of unbranched alkanes of at least 4 members (excludes halogenated alkanes) is 18. The van der Waals surface area contributed by atoms with Crippen LogP contribution in [0.5, 0.6) is 23.0 Å². The van der Waals surface area contributed by atoms with Crippen LogP contribution >= 0.6 is 0 Å². The molecule has 358 valence electrons. The van der Waals surface area contributed by atoms with E-state index in [0.29, 0.717) is 13.2 Å². The van der Waals surface area contributed by atoms with Crippen LogP contribution in [0.1, 0.15) is 177 Å². The topological polar surface area (TPSA) is 80.4 Å². The van der Waals surface area contributed by atoms with Gasteiger partial charge in [-0.25, -0.2) is 0 Å². The summed E-state index contributed by atoms with van der Waals surface area (Å²) in [6, 6.07) is 20.7. The molecule has 8 nitrogen and oxygen atoms in total. The molecule has 0 saturated carbocycles. The summed E-state index contributed by atoms with van der Waals surface area (Å²) in [5, 5.41) is 0. The molecular formula is C56H86O8. The second kappa shape index (κ2) is 30.1. The van der Waals surface area contributed by atoms with Crippen LogP contribution in [0.25, 0.3) is 0 Å². The van der Waals surface area contributed by atoms with Crippen molar-refractivity contribution in [3.8, 4) is 23.0 Å². The van der Waals surface area contributed by atoms with Crippen molar-refractivity contribution in [3.05, 3.63) is 82.9 Å². The third-order valence-corrected chi connectivity index (χ3v) is 12.8. The zero-order valence-corrected chi connectivity index (χ0v) is 40.7. The number of hydrogen-bond donors (Lipinski definition) is 0. The Morgan fingerprint density at radius 3 is 1.02 bits per heavy atom. The van der Waals surface area contributed by atoms with Crippen molar-refractivity contribution in [1.82, 2.24) is 0 Å². The zero-order valence-electron chi connectivity index (χ0n) is 40.7. The highest BCUT2D eigenvalue weighted by Gasteiger charge is 2.39. The van der Waals surface area contributed by atoms with Gasteiger partial charge in [-0.1, -0.05) is 127 Å². The van der Waals surface area contributed by atoms with Crippen LogP contribution in [0.3, 0.4) is 0 Å². The Morgan fingerprint density at radius 2 is 0.703 bits per heavy atom. The molecule has 2 heterocycles. The van der Waals surface area contributed by atoms with Gasteiger partial charge in [0.1, 0.15) is 36.2 Å². The summed E-state index contributed by atoms with van der Waals surface area (Å²) in [6.45, 7) is 16.3. The van der Waals surface area contributed by atoms with Crippen molar-refractivity contribution >= 4 is 0 Å². The normalized spacial score (nSPS) is 17.7.